The highest BCUT2D eigenvalue weighted by Crippen LogP contribution is 2.06. The number of hydrogen-bond donors (Lipinski definition) is 0. The van der Waals surface area contributed by atoms with Crippen LogP contribution in [0, 0.1) is 0 Å². The summed E-state index contributed by atoms with van der Waals surface area (Å²) in [6.07, 6.45) is 11.7. The van der Waals surface area contributed by atoms with Gasteiger partial charge < -0.3 is 4.42 Å². The molecule has 0 saturated heterocycles. The van der Waals surface area contributed by atoms with Crippen molar-refractivity contribution in [3.63, 3.8) is 0 Å². The van der Waals surface area contributed by atoms with E-state index in [9.17, 15) is 0 Å². The lowest BCUT2D eigenvalue weighted by atomic mass is 10.2. The average molecular weight is 175 g/mol. The highest BCUT2D eigenvalue weighted by Gasteiger charge is 1.90. The van der Waals surface area contributed by atoms with E-state index in [2.05, 4.69) is 18.5 Å². The van der Waals surface area contributed by atoms with Crippen molar-refractivity contribution in [2.75, 3.05) is 0 Å². The van der Waals surface area contributed by atoms with E-state index in [1.165, 1.54) is 5.57 Å². The lowest BCUT2D eigenvalue weighted by Gasteiger charge is -1.92. The van der Waals surface area contributed by atoms with Crippen molar-refractivity contribution in [1.82, 2.24) is 4.98 Å². The Morgan fingerprint density at radius 2 is 2.54 bits per heavy atom. The van der Waals surface area contributed by atoms with Gasteiger partial charge in [0.05, 0.1) is 6.20 Å². The van der Waals surface area contributed by atoms with Crippen molar-refractivity contribution >= 4 is 6.08 Å². The Morgan fingerprint density at radius 3 is 3.08 bits per heavy atom. The van der Waals surface area contributed by atoms with E-state index in [1.54, 1.807) is 18.5 Å². The van der Waals surface area contributed by atoms with Crippen LogP contribution in [0.15, 0.2) is 47.3 Å². The summed E-state index contributed by atoms with van der Waals surface area (Å²) in [6, 6.07) is 0. The zero-order valence-electron chi connectivity index (χ0n) is 7.73. The molecule has 2 nitrogen and oxygen atoms in total. The minimum Gasteiger partial charge on any atom is -0.445 e. The molecule has 0 N–H and O–H groups in total. The van der Waals surface area contributed by atoms with Crippen molar-refractivity contribution in [3.8, 4) is 0 Å². The van der Waals surface area contributed by atoms with E-state index in [-0.39, 0.29) is 0 Å². The third-order valence-corrected chi connectivity index (χ3v) is 1.63. The zero-order valence-corrected chi connectivity index (χ0v) is 7.73. The van der Waals surface area contributed by atoms with Crippen molar-refractivity contribution in [1.29, 1.82) is 0 Å². The largest absolute Gasteiger partial charge is 0.445 e. The summed E-state index contributed by atoms with van der Waals surface area (Å²) in [5.41, 5.74) is 1.20. The molecule has 0 saturated carbocycles. The van der Waals surface area contributed by atoms with Crippen LogP contribution in [0.25, 0.3) is 6.08 Å². The number of allylic oxidation sites excluding steroid dienone is 4. The molecule has 13 heavy (non-hydrogen) atoms. The molecule has 0 bridgehead atoms. The monoisotopic (exact) mass is 175 g/mol. The fraction of sp³-hybridized carbons (Fsp3) is 0.182. The Morgan fingerprint density at radius 1 is 1.69 bits per heavy atom. The van der Waals surface area contributed by atoms with E-state index in [4.69, 9.17) is 4.42 Å². The van der Waals surface area contributed by atoms with Crippen LogP contribution in [0.1, 0.15) is 19.2 Å². The first-order valence-corrected chi connectivity index (χ1v) is 4.26. The maximum atomic E-state index is 5.06. The first kappa shape index (κ1) is 9.52. The molecule has 0 aromatic carbocycles. The smallest absolute Gasteiger partial charge is 0.218 e. The van der Waals surface area contributed by atoms with Gasteiger partial charge in [0.1, 0.15) is 6.26 Å². The fourth-order valence-corrected chi connectivity index (χ4v) is 0.938. The predicted octanol–water partition coefficient (Wildman–Crippen LogP) is 3.21. The normalized spacial score (nSPS) is 12.2. The number of nitrogens with zero attached hydrogens (tertiary/aromatic N) is 1. The van der Waals surface area contributed by atoms with Gasteiger partial charge >= 0.3 is 0 Å². The molecule has 1 aromatic heterocycles. The Balaban J connectivity index is 2.66. The molecule has 1 aromatic rings. The summed E-state index contributed by atoms with van der Waals surface area (Å²) < 4.78 is 5.06. The lowest BCUT2D eigenvalue weighted by molar-refractivity contribution is 0.546. The standard InChI is InChI=1S/C11H13NO/c1-3-5-10(4-2)6-7-11-12-8-9-13-11/h3,5-9H,1,4H2,2H3/b7-6+,10-5-. The van der Waals surface area contributed by atoms with Crippen molar-refractivity contribution in [2.45, 2.75) is 13.3 Å². The second kappa shape index (κ2) is 5.14. The maximum absolute atomic E-state index is 5.06. The molecular weight excluding hydrogens is 162 g/mol. The Bertz CT molecular complexity index is 307. The molecule has 0 unspecified atom stereocenters. The third-order valence-electron chi connectivity index (χ3n) is 1.63. The minimum absolute atomic E-state index is 0.628. The topological polar surface area (TPSA) is 26.0 Å². The second-order valence-corrected chi connectivity index (χ2v) is 2.53. The summed E-state index contributed by atoms with van der Waals surface area (Å²) in [4.78, 5) is 3.98. The number of rotatable bonds is 4. The SMILES string of the molecule is C=C/C=C(\C=C\c1ncco1)CC. The van der Waals surface area contributed by atoms with Crippen molar-refractivity contribution in [3.05, 3.63) is 48.7 Å². The van der Waals surface area contributed by atoms with Gasteiger partial charge in [-0.2, -0.15) is 0 Å². The van der Waals surface area contributed by atoms with Crippen LogP contribution in [-0.4, -0.2) is 4.98 Å². The van der Waals surface area contributed by atoms with Gasteiger partial charge in [-0.25, -0.2) is 4.98 Å². The van der Waals surface area contributed by atoms with Crippen LogP contribution in [0.3, 0.4) is 0 Å². The molecule has 0 spiro atoms. The van der Waals surface area contributed by atoms with Crippen molar-refractivity contribution < 1.29 is 4.42 Å². The first-order chi connectivity index (χ1) is 6.36. The van der Waals surface area contributed by atoms with Crippen LogP contribution >= 0.6 is 0 Å². The van der Waals surface area contributed by atoms with Crippen LogP contribution < -0.4 is 0 Å². The number of aromatic nitrogens is 1. The van der Waals surface area contributed by atoms with Crippen LogP contribution in [0.2, 0.25) is 0 Å². The molecule has 0 fully saturated rings. The summed E-state index contributed by atoms with van der Waals surface area (Å²) in [5.74, 6) is 0.628. The van der Waals surface area contributed by atoms with Gasteiger partial charge in [-0.3, -0.25) is 0 Å². The molecule has 1 heterocycles. The Kier molecular flexibility index (Phi) is 3.76. The van der Waals surface area contributed by atoms with Gasteiger partial charge in [0.15, 0.2) is 0 Å². The highest BCUT2D eigenvalue weighted by molar-refractivity contribution is 5.44. The van der Waals surface area contributed by atoms with E-state index < -0.39 is 0 Å². The molecule has 0 aliphatic heterocycles. The molecule has 0 radical (unpaired) electrons. The zero-order chi connectivity index (χ0) is 9.52. The first-order valence-electron chi connectivity index (χ1n) is 4.26. The van der Waals surface area contributed by atoms with Gasteiger partial charge in [-0.15, -0.1) is 0 Å². The molecule has 68 valence electrons. The van der Waals surface area contributed by atoms with Crippen molar-refractivity contribution in [2.24, 2.45) is 0 Å². The molecule has 0 aliphatic rings. The predicted molar refractivity (Wildman–Crippen MR) is 54.1 cm³/mol. The summed E-state index contributed by atoms with van der Waals surface area (Å²) >= 11 is 0. The highest BCUT2D eigenvalue weighted by atomic mass is 16.3. The van der Waals surface area contributed by atoms with Crippen LogP contribution in [0.5, 0.6) is 0 Å². The van der Waals surface area contributed by atoms with Gasteiger partial charge in [-0.1, -0.05) is 31.7 Å². The molecule has 0 amide bonds. The van der Waals surface area contributed by atoms with E-state index in [0.717, 1.165) is 6.42 Å². The molecule has 2 heteroatoms. The van der Waals surface area contributed by atoms with Gasteiger partial charge in [0.2, 0.25) is 5.89 Å². The Hall–Kier alpha value is -1.57. The van der Waals surface area contributed by atoms with E-state index >= 15 is 0 Å². The number of oxazole rings is 1. The van der Waals surface area contributed by atoms with E-state index in [1.807, 2.05) is 18.2 Å². The fourth-order valence-electron chi connectivity index (χ4n) is 0.938. The summed E-state index contributed by atoms with van der Waals surface area (Å²) in [5, 5.41) is 0. The number of hydrogen-bond acceptors (Lipinski definition) is 2. The van der Waals surface area contributed by atoms with E-state index in [0.29, 0.717) is 5.89 Å². The van der Waals surface area contributed by atoms with Gasteiger partial charge in [0, 0.05) is 6.08 Å². The molecule has 0 aliphatic carbocycles. The lowest BCUT2D eigenvalue weighted by Crippen LogP contribution is -1.74. The third kappa shape index (κ3) is 3.11. The van der Waals surface area contributed by atoms with Crippen LogP contribution in [0.4, 0.5) is 0 Å². The van der Waals surface area contributed by atoms with Gasteiger partial charge in [-0.05, 0) is 12.0 Å². The molecule has 0 atom stereocenters. The minimum atomic E-state index is 0.628. The molecule has 1 rings (SSSR count). The maximum Gasteiger partial charge on any atom is 0.218 e. The van der Waals surface area contributed by atoms with Crippen LogP contribution in [-0.2, 0) is 0 Å². The molecular formula is C11H13NO. The summed E-state index contributed by atoms with van der Waals surface area (Å²) in [6.45, 7) is 5.74. The summed E-state index contributed by atoms with van der Waals surface area (Å²) in [7, 11) is 0. The average Bonchev–Trinajstić information content (AvgIpc) is 2.64. The van der Waals surface area contributed by atoms with Gasteiger partial charge in [0.25, 0.3) is 0 Å². The second-order valence-electron chi connectivity index (χ2n) is 2.53. The Labute approximate surface area is 78.3 Å². The quantitative estimate of drug-likeness (QED) is 0.657.